The van der Waals surface area contributed by atoms with Gasteiger partial charge in [-0.25, -0.2) is 0 Å². The van der Waals surface area contributed by atoms with E-state index in [0.29, 0.717) is 35.2 Å². The summed E-state index contributed by atoms with van der Waals surface area (Å²) in [5.74, 6) is -0.698. The largest absolute Gasteiger partial charge is 0.341 e. The molecule has 1 unspecified atom stereocenters. The van der Waals surface area contributed by atoms with Crippen LogP contribution >= 0.6 is 23.2 Å². The van der Waals surface area contributed by atoms with Gasteiger partial charge in [-0.3, -0.25) is 14.4 Å². The van der Waals surface area contributed by atoms with E-state index in [0.717, 1.165) is 6.42 Å². The number of hydrogen-bond donors (Lipinski definition) is 1. The van der Waals surface area contributed by atoms with Gasteiger partial charge >= 0.3 is 0 Å². The summed E-state index contributed by atoms with van der Waals surface area (Å²) in [6, 6.07) is 4.79. The van der Waals surface area contributed by atoms with Crippen molar-refractivity contribution in [3.05, 3.63) is 28.2 Å². The first kappa shape index (κ1) is 22.5. The minimum absolute atomic E-state index is 0.0463. The second kappa shape index (κ2) is 9.14. The molecule has 1 N–H and O–H groups in total. The first-order valence-electron chi connectivity index (χ1n) is 9.28. The summed E-state index contributed by atoms with van der Waals surface area (Å²) in [6.07, 6.45) is 1.49. The number of likely N-dealkylation sites (tertiary alicyclic amines) is 1. The van der Waals surface area contributed by atoms with Gasteiger partial charge in [-0.15, -0.1) is 0 Å². The molecule has 2 rings (SSSR count). The van der Waals surface area contributed by atoms with Gasteiger partial charge in [0.25, 0.3) is 0 Å². The van der Waals surface area contributed by atoms with Crippen molar-refractivity contribution in [1.82, 2.24) is 9.80 Å². The van der Waals surface area contributed by atoms with E-state index in [2.05, 4.69) is 5.32 Å². The van der Waals surface area contributed by atoms with Crippen molar-refractivity contribution < 1.29 is 14.4 Å². The zero-order valence-electron chi connectivity index (χ0n) is 16.7. The number of benzene rings is 1. The van der Waals surface area contributed by atoms with Crippen LogP contribution in [0.5, 0.6) is 0 Å². The third-order valence-corrected chi connectivity index (χ3v) is 5.40. The molecular formula is C20H27Cl2N3O3. The van der Waals surface area contributed by atoms with E-state index in [4.69, 9.17) is 23.2 Å². The highest BCUT2D eigenvalue weighted by Crippen LogP contribution is 2.26. The molecule has 3 amide bonds. The topological polar surface area (TPSA) is 69.7 Å². The van der Waals surface area contributed by atoms with E-state index in [9.17, 15) is 14.4 Å². The molecule has 1 aromatic rings. The van der Waals surface area contributed by atoms with E-state index in [1.54, 1.807) is 30.1 Å². The van der Waals surface area contributed by atoms with Crippen LogP contribution in [0.4, 0.5) is 5.69 Å². The number of nitrogens with zero attached hydrogens (tertiary/aromatic N) is 2. The summed E-state index contributed by atoms with van der Waals surface area (Å²) in [6.45, 7) is 6.61. The maximum absolute atomic E-state index is 12.8. The SMILES string of the molecule is CN(CC(=O)Nc1ccc(Cl)c(Cl)c1)C(=O)C1CCCN(C(=O)C(C)(C)C)C1. The molecule has 1 fully saturated rings. The summed E-state index contributed by atoms with van der Waals surface area (Å²) in [5.41, 5.74) is 0.0381. The van der Waals surface area contributed by atoms with Crippen LogP contribution < -0.4 is 5.32 Å². The number of rotatable bonds is 4. The Hall–Kier alpha value is -1.79. The predicted octanol–water partition coefficient (Wildman–Crippen LogP) is 3.68. The van der Waals surface area contributed by atoms with Crippen molar-refractivity contribution in [1.29, 1.82) is 0 Å². The lowest BCUT2D eigenvalue weighted by atomic mass is 9.90. The molecule has 28 heavy (non-hydrogen) atoms. The summed E-state index contributed by atoms with van der Waals surface area (Å²) >= 11 is 11.8. The van der Waals surface area contributed by atoms with Crippen LogP contribution in [0.1, 0.15) is 33.6 Å². The minimum Gasteiger partial charge on any atom is -0.341 e. The first-order valence-corrected chi connectivity index (χ1v) is 10.0. The second-order valence-electron chi connectivity index (χ2n) is 8.21. The van der Waals surface area contributed by atoms with E-state index in [-0.39, 0.29) is 30.2 Å². The smallest absolute Gasteiger partial charge is 0.243 e. The van der Waals surface area contributed by atoms with Gasteiger partial charge in [-0.2, -0.15) is 0 Å². The van der Waals surface area contributed by atoms with Crippen molar-refractivity contribution in [2.45, 2.75) is 33.6 Å². The minimum atomic E-state index is -0.476. The van der Waals surface area contributed by atoms with Crippen molar-refractivity contribution in [2.75, 3.05) is 32.0 Å². The van der Waals surface area contributed by atoms with Crippen LogP contribution in [0.3, 0.4) is 0 Å². The lowest BCUT2D eigenvalue weighted by molar-refractivity contribution is -0.145. The predicted molar refractivity (Wildman–Crippen MR) is 111 cm³/mol. The lowest BCUT2D eigenvalue weighted by Gasteiger charge is -2.37. The van der Waals surface area contributed by atoms with E-state index in [1.165, 1.54) is 4.90 Å². The summed E-state index contributed by atoms with van der Waals surface area (Å²) < 4.78 is 0. The van der Waals surface area contributed by atoms with Crippen molar-refractivity contribution in [2.24, 2.45) is 11.3 Å². The highest BCUT2D eigenvalue weighted by molar-refractivity contribution is 6.42. The molecule has 6 nitrogen and oxygen atoms in total. The van der Waals surface area contributed by atoms with Gasteiger partial charge in [-0.1, -0.05) is 44.0 Å². The molecule has 0 saturated carbocycles. The number of carbonyl (C=O) groups excluding carboxylic acids is 3. The molecule has 0 spiro atoms. The Bertz CT molecular complexity index is 762. The van der Waals surface area contributed by atoms with E-state index < -0.39 is 5.41 Å². The Balaban J connectivity index is 1.93. The maximum Gasteiger partial charge on any atom is 0.243 e. The van der Waals surface area contributed by atoms with Crippen LogP contribution in [0.25, 0.3) is 0 Å². The molecule has 0 aromatic heterocycles. The third-order valence-electron chi connectivity index (χ3n) is 4.66. The standard InChI is InChI=1S/C20H27Cl2N3O3/c1-20(2,3)19(28)25-9-5-6-13(11-25)18(27)24(4)12-17(26)23-14-7-8-15(21)16(22)10-14/h7-8,10,13H,5-6,9,11-12H2,1-4H3,(H,23,26). The van der Waals surface area contributed by atoms with Crippen LogP contribution in [-0.4, -0.2) is 54.2 Å². The van der Waals surface area contributed by atoms with Gasteiger partial charge < -0.3 is 15.1 Å². The quantitative estimate of drug-likeness (QED) is 0.796. The van der Waals surface area contributed by atoms with Gasteiger partial charge in [0.05, 0.1) is 22.5 Å². The molecule has 1 heterocycles. The number of likely N-dealkylation sites (N-methyl/N-ethyl adjacent to an activating group) is 1. The zero-order valence-corrected chi connectivity index (χ0v) is 18.2. The fraction of sp³-hybridized carbons (Fsp3) is 0.550. The molecule has 1 aliphatic rings. The number of carbonyl (C=O) groups is 3. The Kier molecular flexibility index (Phi) is 7.34. The molecule has 1 saturated heterocycles. The lowest BCUT2D eigenvalue weighted by Crippen LogP contribution is -2.49. The molecule has 0 aliphatic carbocycles. The number of amides is 3. The van der Waals surface area contributed by atoms with E-state index in [1.807, 2.05) is 20.8 Å². The van der Waals surface area contributed by atoms with Crippen LogP contribution in [0.2, 0.25) is 10.0 Å². The molecule has 0 bridgehead atoms. The highest BCUT2D eigenvalue weighted by atomic mass is 35.5. The number of anilines is 1. The van der Waals surface area contributed by atoms with Gasteiger partial charge in [0.15, 0.2) is 0 Å². The second-order valence-corrected chi connectivity index (χ2v) is 9.03. The molecule has 1 aromatic carbocycles. The number of hydrogen-bond acceptors (Lipinski definition) is 3. The van der Waals surface area contributed by atoms with Crippen molar-refractivity contribution in [3.63, 3.8) is 0 Å². The van der Waals surface area contributed by atoms with Crippen molar-refractivity contribution in [3.8, 4) is 0 Å². The third kappa shape index (κ3) is 5.85. The Labute approximate surface area is 176 Å². The van der Waals surface area contributed by atoms with Gasteiger partial charge in [0.1, 0.15) is 0 Å². The van der Waals surface area contributed by atoms with Gasteiger partial charge in [0.2, 0.25) is 17.7 Å². The number of nitrogens with one attached hydrogen (secondary N) is 1. The average molecular weight is 428 g/mol. The summed E-state index contributed by atoms with van der Waals surface area (Å²) in [4.78, 5) is 40.7. The first-order chi connectivity index (χ1) is 13.0. The monoisotopic (exact) mass is 427 g/mol. The summed E-state index contributed by atoms with van der Waals surface area (Å²) in [5, 5.41) is 3.45. The summed E-state index contributed by atoms with van der Waals surface area (Å²) in [7, 11) is 1.60. The van der Waals surface area contributed by atoms with Gasteiger partial charge in [0, 0.05) is 31.2 Å². The molecule has 0 radical (unpaired) electrons. The van der Waals surface area contributed by atoms with Crippen LogP contribution in [-0.2, 0) is 14.4 Å². The Morgan fingerprint density at radius 2 is 1.89 bits per heavy atom. The zero-order chi connectivity index (χ0) is 21.1. The number of piperidine rings is 1. The maximum atomic E-state index is 12.8. The van der Waals surface area contributed by atoms with Crippen LogP contribution in [0.15, 0.2) is 18.2 Å². The molecule has 1 atom stereocenters. The fourth-order valence-electron chi connectivity index (χ4n) is 3.22. The Morgan fingerprint density at radius 3 is 2.50 bits per heavy atom. The Morgan fingerprint density at radius 1 is 1.21 bits per heavy atom. The highest BCUT2D eigenvalue weighted by Gasteiger charge is 2.34. The number of halogens is 2. The molecular weight excluding hydrogens is 401 g/mol. The molecule has 1 aliphatic heterocycles. The molecule has 8 heteroatoms. The van der Waals surface area contributed by atoms with E-state index >= 15 is 0 Å². The fourth-order valence-corrected chi connectivity index (χ4v) is 3.52. The average Bonchev–Trinajstić information content (AvgIpc) is 2.62. The van der Waals surface area contributed by atoms with Gasteiger partial charge in [-0.05, 0) is 31.0 Å². The normalized spacial score (nSPS) is 17.2. The van der Waals surface area contributed by atoms with Crippen LogP contribution in [0, 0.1) is 11.3 Å². The molecule has 154 valence electrons. The van der Waals surface area contributed by atoms with Crippen molar-refractivity contribution >= 4 is 46.6 Å².